The Kier molecular flexibility index (Phi) is 3.64. The number of aryl methyl sites for hydroxylation is 1. The van der Waals surface area contributed by atoms with Gasteiger partial charge in [0.1, 0.15) is 0 Å². The number of benzene rings is 1. The lowest BCUT2D eigenvalue weighted by Gasteiger charge is -2.23. The number of nitrogens with two attached hydrogens (primary N) is 1. The van der Waals surface area contributed by atoms with E-state index < -0.39 is 5.54 Å². The highest BCUT2D eigenvalue weighted by atomic mass is 16.1. The lowest BCUT2D eigenvalue weighted by molar-refractivity contribution is 0.0892. The monoisotopic (exact) mass is 205 g/mol. The molecule has 0 aliphatic heterocycles. The van der Waals surface area contributed by atoms with Gasteiger partial charge in [-0.1, -0.05) is 37.6 Å². The first kappa shape index (κ1) is 11.9. The van der Waals surface area contributed by atoms with Gasteiger partial charge in [-0.05, 0) is 25.8 Å². The van der Waals surface area contributed by atoms with Crippen molar-refractivity contribution >= 4 is 5.78 Å². The smallest absolute Gasteiger partial charge is 0.182 e. The Balaban J connectivity index is 2.99. The van der Waals surface area contributed by atoms with Crippen LogP contribution in [-0.2, 0) is 0 Å². The Morgan fingerprint density at radius 1 is 1.40 bits per heavy atom. The van der Waals surface area contributed by atoms with Gasteiger partial charge in [0.05, 0.1) is 5.54 Å². The molecule has 1 aromatic carbocycles. The Labute approximate surface area is 91.5 Å². The molecule has 0 radical (unpaired) electrons. The summed E-state index contributed by atoms with van der Waals surface area (Å²) in [6.45, 7) is 5.79. The minimum absolute atomic E-state index is 0.0439. The molecule has 1 rings (SSSR count). The van der Waals surface area contributed by atoms with Crippen LogP contribution >= 0.6 is 0 Å². The topological polar surface area (TPSA) is 43.1 Å². The minimum Gasteiger partial charge on any atom is -0.319 e. The van der Waals surface area contributed by atoms with Crippen molar-refractivity contribution in [3.8, 4) is 0 Å². The predicted molar refractivity (Wildman–Crippen MR) is 63.0 cm³/mol. The number of carbonyl (C=O) groups is 1. The van der Waals surface area contributed by atoms with Gasteiger partial charge in [0.15, 0.2) is 5.78 Å². The summed E-state index contributed by atoms with van der Waals surface area (Å²) >= 11 is 0. The summed E-state index contributed by atoms with van der Waals surface area (Å²) in [4.78, 5) is 12.2. The maximum atomic E-state index is 12.2. The van der Waals surface area contributed by atoms with Crippen molar-refractivity contribution in [2.45, 2.75) is 39.2 Å². The van der Waals surface area contributed by atoms with Crippen molar-refractivity contribution in [3.05, 3.63) is 35.4 Å². The second kappa shape index (κ2) is 4.58. The predicted octanol–water partition coefficient (Wildman–Crippen LogP) is 2.70. The summed E-state index contributed by atoms with van der Waals surface area (Å²) in [6.07, 6.45) is 1.64. The van der Waals surface area contributed by atoms with E-state index >= 15 is 0 Å². The molecule has 0 heterocycles. The minimum atomic E-state index is -0.735. The normalized spacial score (nSPS) is 14.7. The molecule has 2 heteroatoms. The molecule has 0 fully saturated rings. The molecule has 0 bridgehead atoms. The van der Waals surface area contributed by atoms with E-state index in [1.807, 2.05) is 45.0 Å². The number of Topliss-reactive ketones (excluding diaryl/α,β-unsaturated/α-hetero) is 1. The van der Waals surface area contributed by atoms with Crippen LogP contribution in [0.5, 0.6) is 0 Å². The summed E-state index contributed by atoms with van der Waals surface area (Å²) in [6, 6.07) is 7.59. The van der Waals surface area contributed by atoms with Crippen LogP contribution < -0.4 is 5.73 Å². The van der Waals surface area contributed by atoms with Gasteiger partial charge in [0, 0.05) is 5.56 Å². The van der Waals surface area contributed by atoms with E-state index in [9.17, 15) is 4.79 Å². The standard InChI is InChI=1S/C13H19NO/c1-4-9-13(3,14)12(15)11-8-6-5-7-10(11)2/h5-8H,4,9,14H2,1-3H3. The third-order valence-electron chi connectivity index (χ3n) is 2.68. The van der Waals surface area contributed by atoms with E-state index in [0.717, 1.165) is 24.0 Å². The molecule has 0 aromatic heterocycles. The maximum Gasteiger partial charge on any atom is 0.182 e. The van der Waals surface area contributed by atoms with E-state index in [2.05, 4.69) is 0 Å². The van der Waals surface area contributed by atoms with E-state index in [4.69, 9.17) is 5.73 Å². The molecule has 0 saturated heterocycles. The molecule has 1 unspecified atom stereocenters. The Morgan fingerprint density at radius 3 is 2.53 bits per heavy atom. The zero-order valence-electron chi connectivity index (χ0n) is 9.71. The van der Waals surface area contributed by atoms with Crippen molar-refractivity contribution in [1.29, 1.82) is 0 Å². The number of carbonyl (C=O) groups excluding carboxylic acids is 1. The molecule has 0 spiro atoms. The molecule has 1 aromatic rings. The average molecular weight is 205 g/mol. The molecule has 0 aliphatic rings. The highest BCUT2D eigenvalue weighted by molar-refractivity contribution is 6.03. The second-order valence-electron chi connectivity index (χ2n) is 4.31. The van der Waals surface area contributed by atoms with Crippen molar-refractivity contribution in [2.24, 2.45) is 5.73 Å². The fraction of sp³-hybridized carbons (Fsp3) is 0.462. The summed E-state index contributed by atoms with van der Waals surface area (Å²) in [5.74, 6) is 0.0439. The Hall–Kier alpha value is -1.15. The quantitative estimate of drug-likeness (QED) is 0.768. The van der Waals surface area contributed by atoms with Crippen LogP contribution in [0.2, 0.25) is 0 Å². The largest absolute Gasteiger partial charge is 0.319 e. The van der Waals surface area contributed by atoms with Crippen molar-refractivity contribution in [1.82, 2.24) is 0 Å². The van der Waals surface area contributed by atoms with Crippen LogP contribution in [-0.4, -0.2) is 11.3 Å². The van der Waals surface area contributed by atoms with Crippen molar-refractivity contribution < 1.29 is 4.79 Å². The van der Waals surface area contributed by atoms with Gasteiger partial charge in [-0.2, -0.15) is 0 Å². The second-order valence-corrected chi connectivity index (χ2v) is 4.31. The molecule has 15 heavy (non-hydrogen) atoms. The van der Waals surface area contributed by atoms with Gasteiger partial charge in [0.25, 0.3) is 0 Å². The highest BCUT2D eigenvalue weighted by Crippen LogP contribution is 2.18. The van der Waals surface area contributed by atoms with Crippen LogP contribution in [0, 0.1) is 6.92 Å². The first-order valence-corrected chi connectivity index (χ1v) is 5.38. The van der Waals surface area contributed by atoms with Crippen LogP contribution in [0.4, 0.5) is 0 Å². The summed E-state index contributed by atoms with van der Waals surface area (Å²) < 4.78 is 0. The van der Waals surface area contributed by atoms with Gasteiger partial charge < -0.3 is 5.73 Å². The molecule has 2 nitrogen and oxygen atoms in total. The van der Waals surface area contributed by atoms with E-state index in [1.54, 1.807) is 0 Å². The van der Waals surface area contributed by atoms with Gasteiger partial charge in [-0.25, -0.2) is 0 Å². The third kappa shape index (κ3) is 2.66. The number of hydrogen-bond acceptors (Lipinski definition) is 2. The van der Waals surface area contributed by atoms with E-state index in [0.29, 0.717) is 0 Å². The van der Waals surface area contributed by atoms with Crippen LogP contribution in [0.25, 0.3) is 0 Å². The summed E-state index contributed by atoms with van der Waals surface area (Å²) in [7, 11) is 0. The first-order chi connectivity index (χ1) is 6.99. The molecule has 2 N–H and O–H groups in total. The van der Waals surface area contributed by atoms with E-state index in [-0.39, 0.29) is 5.78 Å². The molecular weight excluding hydrogens is 186 g/mol. The van der Waals surface area contributed by atoms with Gasteiger partial charge >= 0.3 is 0 Å². The number of rotatable bonds is 4. The van der Waals surface area contributed by atoms with Gasteiger partial charge in [-0.15, -0.1) is 0 Å². The van der Waals surface area contributed by atoms with Crippen LogP contribution in [0.1, 0.15) is 42.6 Å². The third-order valence-corrected chi connectivity index (χ3v) is 2.68. The zero-order chi connectivity index (χ0) is 11.5. The maximum absolute atomic E-state index is 12.2. The lowest BCUT2D eigenvalue weighted by atomic mass is 9.86. The van der Waals surface area contributed by atoms with Crippen molar-refractivity contribution in [3.63, 3.8) is 0 Å². The van der Waals surface area contributed by atoms with Crippen molar-refractivity contribution in [2.75, 3.05) is 0 Å². The summed E-state index contributed by atoms with van der Waals surface area (Å²) in [5.41, 5.74) is 7.03. The highest BCUT2D eigenvalue weighted by Gasteiger charge is 2.28. The number of hydrogen-bond donors (Lipinski definition) is 1. The van der Waals surface area contributed by atoms with Gasteiger partial charge in [0.2, 0.25) is 0 Å². The molecular formula is C13H19NO. The Morgan fingerprint density at radius 2 is 2.00 bits per heavy atom. The molecule has 82 valence electrons. The number of ketones is 1. The molecule has 0 aliphatic carbocycles. The SMILES string of the molecule is CCCC(C)(N)C(=O)c1ccccc1C. The van der Waals surface area contributed by atoms with Crippen LogP contribution in [0.3, 0.4) is 0 Å². The molecule has 0 amide bonds. The summed E-state index contributed by atoms with van der Waals surface area (Å²) in [5, 5.41) is 0. The molecule has 1 atom stereocenters. The van der Waals surface area contributed by atoms with Gasteiger partial charge in [-0.3, -0.25) is 4.79 Å². The Bertz CT molecular complexity index is 355. The lowest BCUT2D eigenvalue weighted by Crippen LogP contribution is -2.45. The van der Waals surface area contributed by atoms with E-state index in [1.165, 1.54) is 0 Å². The first-order valence-electron chi connectivity index (χ1n) is 5.38. The average Bonchev–Trinajstić information content (AvgIpc) is 2.17. The fourth-order valence-corrected chi connectivity index (χ4v) is 1.77. The fourth-order valence-electron chi connectivity index (χ4n) is 1.77. The van der Waals surface area contributed by atoms with Crippen LogP contribution in [0.15, 0.2) is 24.3 Å². The molecule has 0 saturated carbocycles. The zero-order valence-corrected chi connectivity index (χ0v) is 9.71.